The van der Waals surface area contributed by atoms with Crippen molar-refractivity contribution in [1.29, 1.82) is 0 Å². The van der Waals surface area contributed by atoms with Crippen molar-refractivity contribution in [2.24, 2.45) is 11.8 Å². The molecule has 10 heteroatoms. The Bertz CT molecular complexity index is 914. The first-order valence-electron chi connectivity index (χ1n) is 13.9. The molecule has 0 bridgehead atoms. The van der Waals surface area contributed by atoms with Crippen LogP contribution >= 0.6 is 0 Å². The van der Waals surface area contributed by atoms with Gasteiger partial charge >= 0.3 is 5.82 Å². The summed E-state index contributed by atoms with van der Waals surface area (Å²) in [5.41, 5.74) is 0. The predicted octanol–water partition coefficient (Wildman–Crippen LogP) is 2.10. The number of nitrogens with one attached hydrogen (secondary N) is 1. The lowest BCUT2D eigenvalue weighted by Crippen LogP contribution is -2.65. The van der Waals surface area contributed by atoms with E-state index in [1.807, 2.05) is 25.7 Å². The van der Waals surface area contributed by atoms with Crippen LogP contribution < -0.4 is 11.1 Å². The molecule has 3 rings (SSSR count). The third kappa shape index (κ3) is 7.23. The predicted molar refractivity (Wildman–Crippen MR) is 137 cm³/mol. The molecule has 1 amide bonds. The molecule has 0 saturated carbocycles. The Morgan fingerprint density at radius 1 is 1.05 bits per heavy atom. The number of carbonyl (C=O) groups is 1. The van der Waals surface area contributed by atoms with Crippen molar-refractivity contribution in [2.75, 3.05) is 6.54 Å². The summed E-state index contributed by atoms with van der Waals surface area (Å²) in [5, 5.41) is 34.8. The molecule has 1 aromatic heterocycles. The average molecular weight is 527 g/mol. The Labute approximate surface area is 219 Å². The van der Waals surface area contributed by atoms with E-state index in [1.165, 1.54) is 0 Å². The zero-order valence-electron chi connectivity index (χ0n) is 22.9. The van der Waals surface area contributed by atoms with E-state index < -0.39 is 48.4 Å². The lowest BCUT2D eigenvalue weighted by Gasteiger charge is -2.45. The highest BCUT2D eigenvalue weighted by atomic mass is 16.6. The standard InChI is InChI=1S/C27H46N2O8/c1-6-8-9-11-17-12-18(29(13-17)14-20-16(5)35-27(34)37-20)26(33)28-21(15(3)4)25-24(32)23(31)22(30)19(36-25)10-7-2/h15,17-19,21-25,30-32H,6-14H2,1-5H3,(H,28,33). The molecule has 37 heavy (non-hydrogen) atoms. The van der Waals surface area contributed by atoms with Crippen LogP contribution in [-0.2, 0) is 16.1 Å². The van der Waals surface area contributed by atoms with Gasteiger partial charge in [0, 0.05) is 6.54 Å². The Morgan fingerprint density at radius 2 is 1.78 bits per heavy atom. The van der Waals surface area contributed by atoms with Crippen molar-refractivity contribution < 1.29 is 33.7 Å². The Hall–Kier alpha value is -1.72. The number of nitrogens with zero attached hydrogens (tertiary/aromatic N) is 1. The van der Waals surface area contributed by atoms with Gasteiger partial charge in [-0.25, -0.2) is 4.79 Å². The average Bonchev–Trinajstić information content (AvgIpc) is 3.39. The molecule has 2 aliphatic rings. The van der Waals surface area contributed by atoms with Crippen molar-refractivity contribution in [2.45, 2.75) is 129 Å². The summed E-state index contributed by atoms with van der Waals surface area (Å²) in [6.45, 7) is 10.6. The number of aliphatic hydroxyl groups is 3. The number of aryl methyl sites for hydroxylation is 1. The zero-order valence-corrected chi connectivity index (χ0v) is 22.9. The number of carbonyl (C=O) groups excluding carboxylic acids is 1. The highest BCUT2D eigenvalue weighted by Gasteiger charge is 2.48. The van der Waals surface area contributed by atoms with Gasteiger partial charge in [0.05, 0.1) is 24.7 Å². The molecule has 212 valence electrons. The number of ether oxygens (including phenoxy) is 1. The van der Waals surface area contributed by atoms with Crippen molar-refractivity contribution in [3.63, 3.8) is 0 Å². The summed E-state index contributed by atoms with van der Waals surface area (Å²) < 4.78 is 16.3. The second-order valence-corrected chi connectivity index (χ2v) is 11.2. The molecule has 2 saturated heterocycles. The highest BCUT2D eigenvalue weighted by molar-refractivity contribution is 5.82. The van der Waals surface area contributed by atoms with Crippen LogP contribution in [0.5, 0.6) is 0 Å². The molecule has 10 nitrogen and oxygen atoms in total. The van der Waals surface area contributed by atoms with Gasteiger partial charge in [-0.3, -0.25) is 9.69 Å². The third-order valence-corrected chi connectivity index (χ3v) is 7.89. The maximum Gasteiger partial charge on any atom is 0.519 e. The quantitative estimate of drug-likeness (QED) is 0.301. The summed E-state index contributed by atoms with van der Waals surface area (Å²) in [7, 11) is 0. The van der Waals surface area contributed by atoms with Gasteiger partial charge in [-0.05, 0) is 38.0 Å². The van der Waals surface area contributed by atoms with Crippen LogP contribution in [0.1, 0.15) is 84.2 Å². The number of unbranched alkanes of at least 4 members (excludes halogenated alkanes) is 2. The summed E-state index contributed by atoms with van der Waals surface area (Å²) in [6, 6.07) is -1.02. The van der Waals surface area contributed by atoms with Gasteiger partial charge in [-0.2, -0.15) is 0 Å². The smallest absolute Gasteiger partial charge is 0.396 e. The van der Waals surface area contributed by atoms with Crippen molar-refractivity contribution in [3.05, 3.63) is 22.1 Å². The number of likely N-dealkylation sites (tertiary alicyclic amines) is 1. The lowest BCUT2D eigenvalue weighted by molar-refractivity contribution is -0.232. The van der Waals surface area contributed by atoms with E-state index in [9.17, 15) is 24.9 Å². The van der Waals surface area contributed by atoms with Crippen LogP contribution in [0.25, 0.3) is 0 Å². The first-order chi connectivity index (χ1) is 17.6. The van der Waals surface area contributed by atoms with E-state index in [1.54, 1.807) is 6.92 Å². The molecule has 0 spiro atoms. The van der Waals surface area contributed by atoms with Crippen LogP contribution in [0.15, 0.2) is 13.6 Å². The topological polar surface area (TPSA) is 146 Å². The van der Waals surface area contributed by atoms with Gasteiger partial charge in [0.15, 0.2) is 5.76 Å². The number of hydrogen-bond donors (Lipinski definition) is 4. The van der Waals surface area contributed by atoms with Crippen LogP contribution in [0, 0.1) is 18.8 Å². The molecule has 4 N–H and O–H groups in total. The van der Waals surface area contributed by atoms with Gasteiger partial charge < -0.3 is 34.2 Å². The van der Waals surface area contributed by atoms with E-state index >= 15 is 0 Å². The van der Waals surface area contributed by atoms with E-state index in [-0.39, 0.29) is 18.4 Å². The number of rotatable bonds is 12. The SMILES string of the molecule is CCCCCC1CC(C(=O)NC(C(C)C)C2OC(CCC)C(O)C(O)C2O)N(Cc2oc(=O)oc2C)C1. The van der Waals surface area contributed by atoms with Crippen molar-refractivity contribution >= 4 is 5.91 Å². The summed E-state index contributed by atoms with van der Waals surface area (Å²) >= 11 is 0. The first-order valence-corrected chi connectivity index (χ1v) is 13.9. The summed E-state index contributed by atoms with van der Waals surface area (Å²) in [6.07, 6.45) is 0.983. The summed E-state index contributed by atoms with van der Waals surface area (Å²) in [5.74, 6) is 0.121. The van der Waals surface area contributed by atoms with Crippen LogP contribution in [-0.4, -0.2) is 75.3 Å². The fourth-order valence-corrected chi connectivity index (χ4v) is 5.73. The van der Waals surface area contributed by atoms with Crippen LogP contribution in [0.3, 0.4) is 0 Å². The number of aliphatic hydroxyl groups excluding tert-OH is 3. The van der Waals surface area contributed by atoms with Crippen LogP contribution in [0.2, 0.25) is 0 Å². The van der Waals surface area contributed by atoms with Crippen molar-refractivity contribution in [3.8, 4) is 0 Å². The summed E-state index contributed by atoms with van der Waals surface area (Å²) in [4.78, 5) is 27.3. The van der Waals surface area contributed by atoms with E-state index in [0.29, 0.717) is 36.8 Å². The van der Waals surface area contributed by atoms with E-state index in [2.05, 4.69) is 12.2 Å². The van der Waals surface area contributed by atoms with Gasteiger partial charge in [-0.1, -0.05) is 53.4 Å². The van der Waals surface area contributed by atoms with Crippen LogP contribution in [0.4, 0.5) is 0 Å². The van der Waals surface area contributed by atoms with Gasteiger partial charge in [-0.15, -0.1) is 0 Å². The minimum atomic E-state index is -1.36. The Balaban J connectivity index is 1.78. The van der Waals surface area contributed by atoms with Gasteiger partial charge in [0.1, 0.15) is 30.2 Å². The van der Waals surface area contributed by atoms with Gasteiger partial charge in [0.25, 0.3) is 0 Å². The molecule has 0 radical (unpaired) electrons. The fraction of sp³-hybridized carbons (Fsp3) is 0.852. The first kappa shape index (κ1) is 29.8. The molecule has 1 aromatic rings. The molecular weight excluding hydrogens is 480 g/mol. The molecular formula is C27H46N2O8. The number of hydrogen-bond acceptors (Lipinski definition) is 9. The largest absolute Gasteiger partial charge is 0.519 e. The van der Waals surface area contributed by atoms with Gasteiger partial charge in [0.2, 0.25) is 5.91 Å². The highest BCUT2D eigenvalue weighted by Crippen LogP contribution is 2.32. The lowest BCUT2D eigenvalue weighted by atomic mass is 9.85. The molecule has 8 unspecified atom stereocenters. The fourth-order valence-electron chi connectivity index (χ4n) is 5.73. The molecule has 3 heterocycles. The second kappa shape index (κ2) is 13.4. The Morgan fingerprint density at radius 3 is 2.38 bits per heavy atom. The monoisotopic (exact) mass is 526 g/mol. The number of amides is 1. The second-order valence-electron chi connectivity index (χ2n) is 11.2. The maximum absolute atomic E-state index is 13.7. The normalized spacial score (nSPS) is 31.6. The molecule has 0 aliphatic carbocycles. The van der Waals surface area contributed by atoms with Crippen molar-refractivity contribution in [1.82, 2.24) is 10.2 Å². The minimum Gasteiger partial charge on any atom is -0.396 e. The maximum atomic E-state index is 13.7. The van der Waals surface area contributed by atoms with E-state index in [0.717, 1.165) is 32.1 Å². The molecule has 2 aliphatic heterocycles. The Kier molecular flexibility index (Phi) is 10.8. The minimum absolute atomic E-state index is 0.0994. The molecule has 0 aromatic carbocycles. The molecule has 2 fully saturated rings. The third-order valence-electron chi connectivity index (χ3n) is 7.89. The van der Waals surface area contributed by atoms with E-state index in [4.69, 9.17) is 13.6 Å². The molecule has 8 atom stereocenters. The zero-order chi connectivity index (χ0) is 27.3.